The molecule has 1 heterocycles. The van der Waals surface area contributed by atoms with Crippen molar-refractivity contribution in [2.75, 3.05) is 19.7 Å². The number of carbonyl (C=O) groups excluding carboxylic acids is 1. The van der Waals surface area contributed by atoms with Gasteiger partial charge in [0.05, 0.1) is 6.04 Å². The zero-order valence-corrected chi connectivity index (χ0v) is 8.05. The van der Waals surface area contributed by atoms with Crippen LogP contribution < -0.4 is 10.6 Å². The third kappa shape index (κ3) is 2.97. The van der Waals surface area contributed by atoms with Gasteiger partial charge in [-0.15, -0.1) is 0 Å². The number of carbonyl (C=O) groups is 1. The van der Waals surface area contributed by atoms with E-state index in [1.165, 1.54) is 0 Å². The Kier molecular flexibility index (Phi) is 4.18. The topological polar surface area (TPSA) is 61.4 Å². The average Bonchev–Trinajstić information content (AvgIpc) is 2.52. The standard InChI is InChI=1S/C9H18N2O2/c1-7-3-5-10-8(7)9(13)11-4-2-6-12/h7-8,10,12H,2-6H2,1H3,(H,11,13). The van der Waals surface area contributed by atoms with Crippen LogP contribution in [0.1, 0.15) is 19.8 Å². The van der Waals surface area contributed by atoms with E-state index in [2.05, 4.69) is 17.6 Å². The van der Waals surface area contributed by atoms with Gasteiger partial charge in [-0.3, -0.25) is 4.79 Å². The van der Waals surface area contributed by atoms with E-state index in [-0.39, 0.29) is 18.6 Å². The molecular formula is C9H18N2O2. The minimum absolute atomic E-state index is 0.0290. The normalized spacial score (nSPS) is 27.5. The molecule has 76 valence electrons. The van der Waals surface area contributed by atoms with E-state index < -0.39 is 0 Å². The van der Waals surface area contributed by atoms with Crippen LogP contribution in [0.5, 0.6) is 0 Å². The fraction of sp³-hybridized carbons (Fsp3) is 0.889. The van der Waals surface area contributed by atoms with Gasteiger partial charge < -0.3 is 15.7 Å². The molecule has 0 aromatic rings. The minimum Gasteiger partial charge on any atom is -0.396 e. The maximum absolute atomic E-state index is 11.5. The summed E-state index contributed by atoms with van der Waals surface area (Å²) in [6.07, 6.45) is 1.70. The predicted octanol–water partition coefficient (Wildman–Crippen LogP) is -0.517. The Labute approximate surface area is 78.7 Å². The second-order valence-electron chi connectivity index (χ2n) is 3.57. The van der Waals surface area contributed by atoms with E-state index >= 15 is 0 Å². The van der Waals surface area contributed by atoms with Crippen molar-refractivity contribution >= 4 is 5.91 Å². The summed E-state index contributed by atoms with van der Waals surface area (Å²) in [5, 5.41) is 14.5. The molecule has 0 spiro atoms. The number of aliphatic hydroxyl groups excluding tert-OH is 1. The van der Waals surface area contributed by atoms with Gasteiger partial charge in [-0.25, -0.2) is 0 Å². The summed E-state index contributed by atoms with van der Waals surface area (Å²) in [4.78, 5) is 11.5. The summed E-state index contributed by atoms with van der Waals surface area (Å²) >= 11 is 0. The molecule has 1 aliphatic rings. The van der Waals surface area contributed by atoms with Crippen LogP contribution in [-0.2, 0) is 4.79 Å². The molecule has 1 saturated heterocycles. The summed E-state index contributed by atoms with van der Waals surface area (Å²) in [7, 11) is 0. The first kappa shape index (κ1) is 10.5. The van der Waals surface area contributed by atoms with Crippen LogP contribution in [0.2, 0.25) is 0 Å². The molecule has 13 heavy (non-hydrogen) atoms. The highest BCUT2D eigenvalue weighted by atomic mass is 16.3. The van der Waals surface area contributed by atoms with E-state index in [0.717, 1.165) is 13.0 Å². The second kappa shape index (κ2) is 5.19. The van der Waals surface area contributed by atoms with Crippen LogP contribution in [0.15, 0.2) is 0 Å². The maximum atomic E-state index is 11.5. The quantitative estimate of drug-likeness (QED) is 0.518. The van der Waals surface area contributed by atoms with Crippen LogP contribution in [0, 0.1) is 5.92 Å². The lowest BCUT2D eigenvalue weighted by Crippen LogP contribution is -2.43. The molecule has 3 N–H and O–H groups in total. The highest BCUT2D eigenvalue weighted by Gasteiger charge is 2.28. The van der Waals surface area contributed by atoms with Crippen molar-refractivity contribution < 1.29 is 9.90 Å². The predicted molar refractivity (Wildman–Crippen MR) is 50.3 cm³/mol. The van der Waals surface area contributed by atoms with Gasteiger partial charge in [-0.05, 0) is 25.3 Å². The Morgan fingerprint density at radius 1 is 1.69 bits per heavy atom. The molecule has 0 aliphatic carbocycles. The Hall–Kier alpha value is -0.610. The third-order valence-electron chi connectivity index (χ3n) is 2.45. The minimum atomic E-state index is -0.0290. The van der Waals surface area contributed by atoms with Crippen LogP contribution in [0.4, 0.5) is 0 Å². The summed E-state index contributed by atoms with van der Waals surface area (Å²) in [6, 6.07) is -0.0290. The lowest BCUT2D eigenvalue weighted by atomic mass is 10.0. The number of aliphatic hydroxyl groups is 1. The summed E-state index contributed by atoms with van der Waals surface area (Å²) in [6.45, 7) is 3.71. The number of amides is 1. The van der Waals surface area contributed by atoms with Gasteiger partial charge in [0.2, 0.25) is 5.91 Å². The maximum Gasteiger partial charge on any atom is 0.237 e. The van der Waals surface area contributed by atoms with Gasteiger partial charge in [0.25, 0.3) is 0 Å². The van der Waals surface area contributed by atoms with Crippen LogP contribution in [0.25, 0.3) is 0 Å². The third-order valence-corrected chi connectivity index (χ3v) is 2.45. The summed E-state index contributed by atoms with van der Waals surface area (Å²) in [5.74, 6) is 0.493. The lowest BCUT2D eigenvalue weighted by Gasteiger charge is -2.14. The first-order valence-corrected chi connectivity index (χ1v) is 4.87. The molecule has 1 amide bonds. The monoisotopic (exact) mass is 186 g/mol. The molecule has 1 aliphatic heterocycles. The first-order valence-electron chi connectivity index (χ1n) is 4.87. The summed E-state index contributed by atoms with van der Waals surface area (Å²) < 4.78 is 0. The van der Waals surface area contributed by atoms with E-state index in [1.54, 1.807) is 0 Å². The fourth-order valence-electron chi connectivity index (χ4n) is 1.59. The van der Waals surface area contributed by atoms with Crippen molar-refractivity contribution in [1.82, 2.24) is 10.6 Å². The second-order valence-corrected chi connectivity index (χ2v) is 3.57. The van der Waals surface area contributed by atoms with Crippen molar-refractivity contribution in [2.24, 2.45) is 5.92 Å². The van der Waals surface area contributed by atoms with Gasteiger partial charge >= 0.3 is 0 Å². The Balaban J connectivity index is 2.22. The number of nitrogens with one attached hydrogen (secondary N) is 2. The molecule has 4 heteroatoms. The Morgan fingerprint density at radius 2 is 2.46 bits per heavy atom. The molecule has 1 rings (SSSR count). The molecule has 4 nitrogen and oxygen atoms in total. The van der Waals surface area contributed by atoms with Crippen molar-refractivity contribution in [1.29, 1.82) is 0 Å². The molecule has 0 aromatic heterocycles. The first-order chi connectivity index (χ1) is 6.25. The van der Waals surface area contributed by atoms with Gasteiger partial charge in [-0.2, -0.15) is 0 Å². The molecule has 0 bridgehead atoms. The van der Waals surface area contributed by atoms with Crippen molar-refractivity contribution in [3.05, 3.63) is 0 Å². The van der Waals surface area contributed by atoms with Crippen molar-refractivity contribution in [3.8, 4) is 0 Å². The molecule has 0 aromatic carbocycles. The van der Waals surface area contributed by atoms with Gasteiger partial charge in [0.15, 0.2) is 0 Å². The van der Waals surface area contributed by atoms with Gasteiger partial charge in [0.1, 0.15) is 0 Å². The van der Waals surface area contributed by atoms with Crippen LogP contribution >= 0.6 is 0 Å². The van der Waals surface area contributed by atoms with E-state index in [0.29, 0.717) is 18.9 Å². The highest BCUT2D eigenvalue weighted by molar-refractivity contribution is 5.82. The summed E-state index contributed by atoms with van der Waals surface area (Å²) in [5.41, 5.74) is 0. The number of hydrogen-bond acceptors (Lipinski definition) is 3. The SMILES string of the molecule is CC1CCNC1C(=O)NCCCO. The van der Waals surface area contributed by atoms with E-state index in [9.17, 15) is 4.79 Å². The molecule has 1 fully saturated rings. The van der Waals surface area contributed by atoms with Crippen LogP contribution in [-0.4, -0.2) is 36.8 Å². The largest absolute Gasteiger partial charge is 0.396 e. The molecule has 0 radical (unpaired) electrons. The van der Waals surface area contributed by atoms with Gasteiger partial charge in [0, 0.05) is 13.2 Å². The molecule has 2 atom stereocenters. The molecular weight excluding hydrogens is 168 g/mol. The lowest BCUT2D eigenvalue weighted by molar-refractivity contribution is -0.123. The fourth-order valence-corrected chi connectivity index (χ4v) is 1.59. The zero-order valence-electron chi connectivity index (χ0n) is 8.05. The highest BCUT2D eigenvalue weighted by Crippen LogP contribution is 2.13. The van der Waals surface area contributed by atoms with Crippen molar-refractivity contribution in [3.63, 3.8) is 0 Å². The Bertz CT molecular complexity index is 173. The molecule has 0 saturated carbocycles. The van der Waals surface area contributed by atoms with E-state index in [1.807, 2.05) is 0 Å². The van der Waals surface area contributed by atoms with Crippen molar-refractivity contribution in [2.45, 2.75) is 25.8 Å². The van der Waals surface area contributed by atoms with E-state index in [4.69, 9.17) is 5.11 Å². The zero-order chi connectivity index (χ0) is 9.68. The smallest absolute Gasteiger partial charge is 0.237 e. The number of rotatable bonds is 4. The molecule has 2 unspecified atom stereocenters. The van der Waals surface area contributed by atoms with Crippen LogP contribution in [0.3, 0.4) is 0 Å². The number of hydrogen-bond donors (Lipinski definition) is 3. The average molecular weight is 186 g/mol. The Morgan fingerprint density at radius 3 is 3.00 bits per heavy atom. The van der Waals surface area contributed by atoms with Gasteiger partial charge in [-0.1, -0.05) is 6.92 Å².